The fraction of sp³-hybridized carbons (Fsp3) is 0.679. The summed E-state index contributed by atoms with van der Waals surface area (Å²) in [5, 5.41) is 10.3. The van der Waals surface area contributed by atoms with Gasteiger partial charge in [0.1, 0.15) is 6.10 Å². The molecule has 1 spiro atoms. The Morgan fingerprint density at radius 2 is 1.91 bits per heavy atom. The monoisotopic (exact) mass is 632 g/mol. The summed E-state index contributed by atoms with van der Waals surface area (Å²) in [6.45, 7) is 11.3. The van der Waals surface area contributed by atoms with Crippen LogP contribution >= 0.6 is 22.6 Å². The predicted molar refractivity (Wildman–Crippen MR) is 147 cm³/mol. The number of ether oxygens (including phenoxy) is 2. The number of aliphatic hydroxyl groups excluding tert-OH is 1. The number of benzene rings is 1. The van der Waals surface area contributed by atoms with Crippen LogP contribution in [0.2, 0.25) is 0 Å². The smallest absolute Gasteiger partial charge is 0.166 e. The molecule has 35 heavy (non-hydrogen) atoms. The molecule has 0 aromatic heterocycles. The van der Waals surface area contributed by atoms with Crippen LogP contribution in [0.25, 0.3) is 0 Å². The van der Waals surface area contributed by atoms with E-state index in [0.717, 1.165) is 37.6 Å². The molecule has 0 saturated carbocycles. The Morgan fingerprint density at radius 1 is 1.20 bits per heavy atom. The molecule has 1 aliphatic carbocycles. The number of nitrogens with zero attached hydrogens (tertiary/aromatic N) is 2. The summed E-state index contributed by atoms with van der Waals surface area (Å²) in [4.78, 5) is 5.28. The van der Waals surface area contributed by atoms with Crippen molar-refractivity contribution in [2.45, 2.75) is 83.0 Å². The molecule has 7 heteroatoms. The van der Waals surface area contributed by atoms with Crippen molar-refractivity contribution in [1.82, 2.24) is 9.80 Å². The second-order valence-corrected chi connectivity index (χ2v) is 11.1. The molecule has 1 fully saturated rings. The number of hydrogen-bond donors (Lipinski definition) is 1. The quantitative estimate of drug-likeness (QED) is 0.259. The molecule has 1 N–H and O–H groups in total. The van der Waals surface area contributed by atoms with Crippen LogP contribution in [0.5, 0.6) is 11.5 Å². The van der Waals surface area contributed by atoms with E-state index < -0.39 is 6.10 Å². The SMILES string of the molecule is CC[CH-]I.COc1cc(C)c2c3c1OC1C[C@@H](O)C=CC31CCN(CCCN1CCCCC1)C2.[V]. The van der Waals surface area contributed by atoms with Gasteiger partial charge in [-0.05, 0) is 82.5 Å². The number of halogens is 1. The van der Waals surface area contributed by atoms with E-state index in [-0.39, 0.29) is 30.1 Å². The van der Waals surface area contributed by atoms with Crippen LogP contribution in [0, 0.1) is 11.4 Å². The van der Waals surface area contributed by atoms with Gasteiger partial charge in [-0.3, -0.25) is 9.33 Å². The summed E-state index contributed by atoms with van der Waals surface area (Å²) in [6, 6.07) is 2.14. The third-order valence-corrected chi connectivity index (χ3v) is 8.82. The number of aryl methyl sites for hydroxylation is 1. The average Bonchev–Trinajstić information content (AvgIpc) is 3.09. The minimum atomic E-state index is -0.422. The van der Waals surface area contributed by atoms with Crippen molar-refractivity contribution in [2.24, 2.45) is 0 Å². The molecular weight excluding hydrogens is 590 g/mol. The Labute approximate surface area is 238 Å². The Balaban J connectivity index is 0.000000638. The van der Waals surface area contributed by atoms with Gasteiger partial charge in [0.05, 0.1) is 18.6 Å². The van der Waals surface area contributed by atoms with Crippen LogP contribution < -0.4 is 9.47 Å². The van der Waals surface area contributed by atoms with Crippen molar-refractivity contribution >= 4 is 22.6 Å². The summed E-state index contributed by atoms with van der Waals surface area (Å²) in [5.74, 6) is 1.75. The molecule has 1 aromatic carbocycles. The van der Waals surface area contributed by atoms with Crippen molar-refractivity contribution in [3.8, 4) is 11.5 Å². The zero-order chi connectivity index (χ0) is 24.1. The van der Waals surface area contributed by atoms with Crippen molar-refractivity contribution < 1.29 is 33.1 Å². The average molecular weight is 633 g/mol. The zero-order valence-corrected chi connectivity index (χ0v) is 25.2. The Kier molecular flexibility index (Phi) is 11.3. The molecular formula is C28H42IN2O3V-. The third kappa shape index (κ3) is 6.43. The number of hydrogen-bond acceptors (Lipinski definition) is 5. The Hall–Kier alpha value is -0.246. The maximum atomic E-state index is 10.3. The first-order valence-electron chi connectivity index (χ1n) is 13.1. The van der Waals surface area contributed by atoms with Crippen molar-refractivity contribution in [3.05, 3.63) is 39.3 Å². The Morgan fingerprint density at radius 3 is 2.60 bits per heavy atom. The van der Waals surface area contributed by atoms with Crippen LogP contribution in [0.15, 0.2) is 18.2 Å². The van der Waals surface area contributed by atoms with E-state index in [0.29, 0.717) is 6.42 Å². The van der Waals surface area contributed by atoms with E-state index >= 15 is 0 Å². The largest absolute Gasteiger partial charge is 0.493 e. The van der Waals surface area contributed by atoms with Gasteiger partial charge in [-0.15, -0.1) is 0 Å². The fourth-order valence-electron chi connectivity index (χ4n) is 6.12. The van der Waals surface area contributed by atoms with Gasteiger partial charge in [-0.1, -0.05) is 25.5 Å². The second-order valence-electron chi connectivity index (χ2n) is 10.2. The molecule has 3 heterocycles. The predicted octanol–water partition coefficient (Wildman–Crippen LogP) is 5.40. The molecule has 1 radical (unpaired) electrons. The number of likely N-dealkylation sites (tertiary alicyclic amines) is 1. The summed E-state index contributed by atoms with van der Waals surface area (Å²) in [6.07, 6.45) is 12.0. The Bertz CT molecular complexity index is 859. The van der Waals surface area contributed by atoms with E-state index in [4.69, 9.17) is 9.47 Å². The summed E-state index contributed by atoms with van der Waals surface area (Å²) in [5.41, 5.74) is 3.89. The molecule has 1 aromatic rings. The van der Waals surface area contributed by atoms with Crippen LogP contribution in [-0.2, 0) is 30.5 Å². The molecule has 2 unspecified atom stereocenters. The summed E-state index contributed by atoms with van der Waals surface area (Å²) in [7, 11) is 1.73. The van der Waals surface area contributed by atoms with Gasteiger partial charge in [-0.2, -0.15) is 6.42 Å². The molecule has 0 bridgehead atoms. The maximum absolute atomic E-state index is 10.3. The number of piperidine rings is 1. The van der Waals surface area contributed by atoms with Gasteiger partial charge in [0.2, 0.25) is 0 Å². The molecule has 3 aliphatic heterocycles. The fourth-order valence-corrected chi connectivity index (χ4v) is 6.12. The maximum Gasteiger partial charge on any atom is 0.166 e. The minimum Gasteiger partial charge on any atom is -0.493 e. The van der Waals surface area contributed by atoms with Crippen LogP contribution in [0.4, 0.5) is 0 Å². The van der Waals surface area contributed by atoms with E-state index in [1.165, 1.54) is 68.4 Å². The molecule has 5 nitrogen and oxygen atoms in total. The van der Waals surface area contributed by atoms with E-state index in [9.17, 15) is 5.11 Å². The van der Waals surface area contributed by atoms with Crippen molar-refractivity contribution in [3.63, 3.8) is 0 Å². The first kappa shape index (κ1) is 29.3. The van der Waals surface area contributed by atoms with Gasteiger partial charge >= 0.3 is 0 Å². The van der Waals surface area contributed by atoms with Crippen molar-refractivity contribution in [2.75, 3.05) is 39.8 Å². The zero-order valence-electron chi connectivity index (χ0n) is 21.6. The normalized spacial score (nSPS) is 27.5. The van der Waals surface area contributed by atoms with Crippen LogP contribution in [-0.4, -0.2) is 66.9 Å². The molecule has 5 rings (SSSR count). The summed E-state index contributed by atoms with van der Waals surface area (Å²) < 4.78 is 14.3. The molecule has 195 valence electrons. The minimum absolute atomic E-state index is 0. The third-order valence-electron chi connectivity index (χ3n) is 7.94. The summed E-state index contributed by atoms with van der Waals surface area (Å²) >= 11 is 2.23. The number of methoxy groups -OCH3 is 1. The van der Waals surface area contributed by atoms with E-state index in [1.54, 1.807) is 7.11 Å². The topological polar surface area (TPSA) is 45.2 Å². The molecule has 4 aliphatic rings. The number of rotatable bonds is 6. The molecule has 1 saturated heterocycles. The first-order chi connectivity index (χ1) is 16.5. The van der Waals surface area contributed by atoms with E-state index in [1.807, 2.05) is 6.08 Å². The van der Waals surface area contributed by atoms with Gasteiger partial charge in [0, 0.05) is 37.1 Å². The second kappa shape index (κ2) is 13.5. The first-order valence-corrected chi connectivity index (χ1v) is 14.4. The molecule has 3 atom stereocenters. The van der Waals surface area contributed by atoms with Crippen molar-refractivity contribution in [1.29, 1.82) is 0 Å². The van der Waals surface area contributed by atoms with Gasteiger partial charge < -0.3 is 42.1 Å². The van der Waals surface area contributed by atoms with Gasteiger partial charge in [0.15, 0.2) is 11.5 Å². The number of aliphatic hydroxyl groups is 1. The van der Waals surface area contributed by atoms with Gasteiger partial charge in [-0.25, -0.2) is 0 Å². The standard InChI is InChI=1S/C25H36N2O3.C3H6I.V/c1-18-15-21(29-2)24-23-20(18)17-27(13-6-12-26-10-4-3-5-11-26)14-9-25(23)8-7-19(28)16-22(25)30-24;1-2-3-4;/h7-8,15,19,22,28H,3-6,9-14,16-17H2,1-2H3;3H,2H2,1H3;/q;-1;/t19-,22?,25?;;/m0../s1. The molecule has 0 amide bonds. The van der Waals surface area contributed by atoms with Gasteiger partial charge in [0.25, 0.3) is 0 Å². The van der Waals surface area contributed by atoms with Crippen LogP contribution in [0.1, 0.15) is 68.6 Å². The van der Waals surface area contributed by atoms with Crippen LogP contribution in [0.3, 0.4) is 0 Å². The van der Waals surface area contributed by atoms with E-state index in [2.05, 4.69) is 62.8 Å².